The average molecular weight is 438 g/mol. The van der Waals surface area contributed by atoms with Crippen molar-refractivity contribution in [2.24, 2.45) is 5.92 Å². The van der Waals surface area contributed by atoms with Crippen molar-refractivity contribution >= 4 is 5.69 Å². The van der Waals surface area contributed by atoms with Crippen LogP contribution in [0.3, 0.4) is 0 Å². The normalized spacial score (nSPS) is 27.8. The molecule has 0 N–H and O–H groups in total. The van der Waals surface area contributed by atoms with Crippen LogP contribution in [0.1, 0.15) is 29.5 Å². The van der Waals surface area contributed by atoms with Crippen LogP contribution in [0.4, 0.5) is 5.69 Å². The Kier molecular flexibility index (Phi) is 5.32. The van der Waals surface area contributed by atoms with E-state index in [-0.39, 0.29) is 17.4 Å². The van der Waals surface area contributed by atoms with Crippen molar-refractivity contribution in [1.29, 1.82) is 0 Å². The predicted molar refractivity (Wildman–Crippen MR) is 132 cm³/mol. The topological polar surface area (TPSA) is 21.7 Å². The summed E-state index contributed by atoms with van der Waals surface area (Å²) in [4.78, 5) is 2.63. The van der Waals surface area contributed by atoms with Crippen LogP contribution in [0, 0.1) is 5.92 Å². The van der Waals surface area contributed by atoms with Gasteiger partial charge in [0.15, 0.2) is 0 Å². The minimum absolute atomic E-state index is 0.00728. The number of nitrogens with zero attached hydrogens (tertiary/aromatic N) is 1. The Balaban J connectivity index is 1.37. The summed E-state index contributed by atoms with van der Waals surface area (Å²) in [6, 6.07) is 30.6. The van der Waals surface area contributed by atoms with E-state index in [0.717, 1.165) is 26.0 Å². The summed E-state index contributed by atoms with van der Waals surface area (Å²) in [5.74, 6) is 0.266. The monoisotopic (exact) mass is 437 g/mol. The molecule has 3 aromatic rings. The standard InChI is InChI=1S/C30H31NO2/c1-22-18-28-30(16-17-33-28)26-14-8-9-15-27(26)31(19-23-10-4-2-5-11-23)29(30)25(22)21-32-20-24-12-6-3-7-13-24/h2-15,25,28-29H,1,16-21H2/t25-,28-,29-,30+/m0/s1. The summed E-state index contributed by atoms with van der Waals surface area (Å²) >= 11 is 0. The molecule has 3 aliphatic rings. The molecule has 6 rings (SSSR count). The molecular weight excluding hydrogens is 406 g/mol. The van der Waals surface area contributed by atoms with Gasteiger partial charge in [0.1, 0.15) is 0 Å². The van der Waals surface area contributed by atoms with Gasteiger partial charge in [-0.1, -0.05) is 91.0 Å². The zero-order valence-electron chi connectivity index (χ0n) is 19.0. The molecule has 4 atom stereocenters. The van der Waals surface area contributed by atoms with Crippen LogP contribution in [-0.2, 0) is 28.0 Å². The van der Waals surface area contributed by atoms with Crippen molar-refractivity contribution in [3.8, 4) is 0 Å². The summed E-state index contributed by atoms with van der Waals surface area (Å²) in [5.41, 5.74) is 6.62. The number of benzene rings is 3. The fourth-order valence-corrected chi connectivity index (χ4v) is 6.51. The van der Waals surface area contributed by atoms with E-state index >= 15 is 0 Å². The number of hydrogen-bond acceptors (Lipinski definition) is 3. The highest BCUT2D eigenvalue weighted by molar-refractivity contribution is 5.67. The first-order valence-electron chi connectivity index (χ1n) is 12.1. The molecule has 1 aliphatic carbocycles. The molecule has 1 saturated heterocycles. The molecule has 1 saturated carbocycles. The molecule has 2 heterocycles. The molecule has 33 heavy (non-hydrogen) atoms. The molecule has 0 radical (unpaired) electrons. The SMILES string of the molecule is C=C1C[C@@H]2OCC[C@@]23c2ccccc2N(Cc2ccccc2)[C@H]3[C@H]1COCc1ccccc1. The fourth-order valence-electron chi connectivity index (χ4n) is 6.51. The van der Waals surface area contributed by atoms with E-state index in [1.54, 1.807) is 0 Å². The molecular formula is C30H31NO2. The summed E-state index contributed by atoms with van der Waals surface area (Å²) in [5, 5.41) is 0. The van der Waals surface area contributed by atoms with Gasteiger partial charge in [-0.3, -0.25) is 0 Å². The van der Waals surface area contributed by atoms with E-state index in [4.69, 9.17) is 9.47 Å². The van der Waals surface area contributed by atoms with Gasteiger partial charge in [0.2, 0.25) is 0 Å². The van der Waals surface area contributed by atoms with Crippen LogP contribution in [0.15, 0.2) is 97.1 Å². The van der Waals surface area contributed by atoms with Crippen molar-refractivity contribution < 1.29 is 9.47 Å². The number of ether oxygens (including phenoxy) is 2. The summed E-state index contributed by atoms with van der Waals surface area (Å²) in [7, 11) is 0. The van der Waals surface area contributed by atoms with Gasteiger partial charge in [0.05, 0.1) is 25.4 Å². The van der Waals surface area contributed by atoms with E-state index < -0.39 is 0 Å². The molecule has 0 aromatic heterocycles. The fraction of sp³-hybridized carbons (Fsp3) is 0.333. The van der Waals surface area contributed by atoms with Crippen LogP contribution < -0.4 is 4.90 Å². The van der Waals surface area contributed by atoms with Crippen LogP contribution in [-0.4, -0.2) is 25.4 Å². The summed E-state index contributed by atoms with van der Waals surface area (Å²) in [6.45, 7) is 7.59. The van der Waals surface area contributed by atoms with E-state index in [0.29, 0.717) is 19.3 Å². The van der Waals surface area contributed by atoms with Crippen molar-refractivity contribution in [2.45, 2.75) is 43.6 Å². The maximum absolute atomic E-state index is 6.38. The van der Waals surface area contributed by atoms with Gasteiger partial charge in [0.25, 0.3) is 0 Å². The minimum atomic E-state index is 0.00728. The number of hydrogen-bond donors (Lipinski definition) is 0. The molecule has 3 nitrogen and oxygen atoms in total. The van der Waals surface area contributed by atoms with E-state index in [9.17, 15) is 0 Å². The summed E-state index contributed by atoms with van der Waals surface area (Å²) in [6.07, 6.45) is 2.18. The van der Waals surface area contributed by atoms with Crippen molar-refractivity contribution in [3.63, 3.8) is 0 Å². The number of anilines is 1. The molecule has 1 spiro atoms. The highest BCUT2D eigenvalue weighted by Gasteiger charge is 2.63. The Morgan fingerprint density at radius 3 is 2.39 bits per heavy atom. The molecule has 2 fully saturated rings. The van der Waals surface area contributed by atoms with Crippen LogP contribution >= 0.6 is 0 Å². The first kappa shape index (κ1) is 20.7. The largest absolute Gasteiger partial charge is 0.377 e. The molecule has 3 heteroatoms. The third-order valence-corrected chi connectivity index (χ3v) is 7.95. The number of rotatable bonds is 6. The van der Waals surface area contributed by atoms with E-state index in [1.807, 2.05) is 6.07 Å². The first-order chi connectivity index (χ1) is 16.3. The van der Waals surface area contributed by atoms with Crippen molar-refractivity contribution in [3.05, 3.63) is 114 Å². The Morgan fingerprint density at radius 1 is 0.909 bits per heavy atom. The highest BCUT2D eigenvalue weighted by Crippen LogP contribution is 2.60. The molecule has 0 bridgehead atoms. The number of para-hydroxylation sites is 1. The lowest BCUT2D eigenvalue weighted by Gasteiger charge is -2.49. The Hall–Kier alpha value is -2.88. The van der Waals surface area contributed by atoms with Crippen molar-refractivity contribution in [1.82, 2.24) is 0 Å². The van der Waals surface area contributed by atoms with Gasteiger partial charge in [0, 0.05) is 30.2 Å². The highest BCUT2D eigenvalue weighted by atomic mass is 16.5. The average Bonchev–Trinajstić information content (AvgIpc) is 3.39. The summed E-state index contributed by atoms with van der Waals surface area (Å²) < 4.78 is 12.7. The maximum Gasteiger partial charge on any atom is 0.0730 e. The third kappa shape index (κ3) is 3.42. The van der Waals surface area contributed by atoms with Gasteiger partial charge < -0.3 is 14.4 Å². The Labute approximate surface area is 196 Å². The van der Waals surface area contributed by atoms with Gasteiger partial charge in [-0.2, -0.15) is 0 Å². The Bertz CT molecular complexity index is 1130. The second kappa shape index (κ2) is 8.48. The van der Waals surface area contributed by atoms with Crippen molar-refractivity contribution in [2.75, 3.05) is 18.1 Å². The first-order valence-corrected chi connectivity index (χ1v) is 12.1. The minimum Gasteiger partial charge on any atom is -0.377 e. The van der Waals surface area contributed by atoms with Gasteiger partial charge in [-0.15, -0.1) is 0 Å². The molecule has 0 unspecified atom stereocenters. The van der Waals surface area contributed by atoms with Gasteiger partial charge >= 0.3 is 0 Å². The molecule has 168 valence electrons. The van der Waals surface area contributed by atoms with E-state index in [1.165, 1.54) is 28.0 Å². The second-order valence-corrected chi connectivity index (χ2v) is 9.69. The van der Waals surface area contributed by atoms with Crippen LogP contribution in [0.5, 0.6) is 0 Å². The number of fused-ring (bicyclic) bond motifs is 1. The lowest BCUT2D eigenvalue weighted by atomic mass is 9.60. The van der Waals surface area contributed by atoms with Gasteiger partial charge in [-0.05, 0) is 35.6 Å². The zero-order chi connectivity index (χ0) is 22.3. The molecule has 3 aromatic carbocycles. The predicted octanol–water partition coefficient (Wildman–Crippen LogP) is 5.90. The Morgan fingerprint density at radius 2 is 1.61 bits per heavy atom. The van der Waals surface area contributed by atoms with Gasteiger partial charge in [-0.25, -0.2) is 0 Å². The smallest absolute Gasteiger partial charge is 0.0730 e. The zero-order valence-corrected chi connectivity index (χ0v) is 19.0. The molecule has 0 amide bonds. The van der Waals surface area contributed by atoms with E-state index in [2.05, 4.69) is 90.3 Å². The molecule has 2 aliphatic heterocycles. The lowest BCUT2D eigenvalue weighted by Crippen LogP contribution is -2.58. The quantitative estimate of drug-likeness (QED) is 0.449. The lowest BCUT2D eigenvalue weighted by molar-refractivity contribution is 0.0208. The maximum atomic E-state index is 6.38. The second-order valence-electron chi connectivity index (χ2n) is 9.69. The third-order valence-electron chi connectivity index (χ3n) is 7.95. The van der Waals surface area contributed by atoms with Crippen LogP contribution in [0.25, 0.3) is 0 Å². The van der Waals surface area contributed by atoms with Crippen LogP contribution in [0.2, 0.25) is 0 Å².